The summed E-state index contributed by atoms with van der Waals surface area (Å²) in [6.45, 7) is 1.65. The SMILES string of the molecule is Cc1cc(/C(C[C@H](c2ccc(-c3csc(C(=O)O)c3)cc2)c2ccc(Cl)cc2F)=N/O)c[nH]c1=O. The number of carbonyl (C=O) groups is 1. The van der Waals surface area contributed by atoms with E-state index in [0.29, 0.717) is 16.7 Å². The van der Waals surface area contributed by atoms with Crippen LogP contribution in [0.15, 0.2) is 76.1 Å². The fourth-order valence-electron chi connectivity index (χ4n) is 3.87. The fourth-order valence-corrected chi connectivity index (χ4v) is 4.79. The van der Waals surface area contributed by atoms with Gasteiger partial charge in [0.1, 0.15) is 10.7 Å². The number of carboxylic acids is 1. The number of hydrogen-bond donors (Lipinski definition) is 3. The summed E-state index contributed by atoms with van der Waals surface area (Å²) in [4.78, 5) is 25.8. The number of nitrogens with zero attached hydrogens (tertiary/aromatic N) is 1. The van der Waals surface area contributed by atoms with Crippen molar-refractivity contribution >= 4 is 34.6 Å². The van der Waals surface area contributed by atoms with Crippen molar-refractivity contribution in [3.8, 4) is 11.1 Å². The summed E-state index contributed by atoms with van der Waals surface area (Å²) < 4.78 is 15.0. The molecule has 0 amide bonds. The maximum absolute atomic E-state index is 15.0. The molecule has 4 rings (SSSR count). The minimum Gasteiger partial charge on any atom is -0.477 e. The molecule has 1 atom stereocenters. The number of nitrogens with one attached hydrogen (secondary N) is 1. The molecule has 4 aromatic rings. The Kier molecular flexibility index (Phi) is 7.14. The predicted molar refractivity (Wildman–Crippen MR) is 135 cm³/mol. The highest BCUT2D eigenvalue weighted by Crippen LogP contribution is 2.34. The lowest BCUT2D eigenvalue weighted by Crippen LogP contribution is -2.15. The van der Waals surface area contributed by atoms with Crippen molar-refractivity contribution in [1.29, 1.82) is 0 Å². The van der Waals surface area contributed by atoms with Crippen LogP contribution in [0.25, 0.3) is 11.1 Å². The standard InChI is InChI=1S/C26H20ClFN2O4S/c1-14-8-17(12-29-25(14)31)23(30-34)11-21(20-7-6-19(27)10-22(20)28)16-4-2-15(3-5-16)18-9-24(26(32)33)35-13-18/h2-10,12-13,21,34H,11H2,1H3,(H,29,31)(H,32,33)/b30-23+/t21-/m1/s1. The van der Waals surface area contributed by atoms with Crippen LogP contribution in [0.5, 0.6) is 0 Å². The van der Waals surface area contributed by atoms with Crippen molar-refractivity contribution in [3.05, 3.63) is 114 Å². The van der Waals surface area contributed by atoms with Crippen LogP contribution in [0.4, 0.5) is 4.39 Å². The van der Waals surface area contributed by atoms with Crippen LogP contribution in [0.2, 0.25) is 5.02 Å². The first-order chi connectivity index (χ1) is 16.8. The van der Waals surface area contributed by atoms with Crippen molar-refractivity contribution in [1.82, 2.24) is 4.98 Å². The number of oxime groups is 1. The zero-order valence-corrected chi connectivity index (χ0v) is 20.0. The Morgan fingerprint density at radius 1 is 1.14 bits per heavy atom. The number of rotatable bonds is 7. The largest absolute Gasteiger partial charge is 0.477 e. The molecule has 0 radical (unpaired) electrons. The van der Waals surface area contributed by atoms with E-state index in [1.165, 1.54) is 12.3 Å². The van der Waals surface area contributed by atoms with Crippen molar-refractivity contribution in [2.45, 2.75) is 19.3 Å². The average Bonchev–Trinajstić information content (AvgIpc) is 3.34. The van der Waals surface area contributed by atoms with Gasteiger partial charge in [-0.2, -0.15) is 0 Å². The number of pyridine rings is 1. The molecule has 0 aliphatic carbocycles. The van der Waals surface area contributed by atoms with Gasteiger partial charge in [-0.05, 0) is 58.8 Å². The number of halogens is 2. The van der Waals surface area contributed by atoms with Crippen LogP contribution in [0, 0.1) is 12.7 Å². The monoisotopic (exact) mass is 510 g/mol. The first-order valence-corrected chi connectivity index (χ1v) is 11.8. The number of H-pyrrole nitrogens is 1. The normalized spacial score (nSPS) is 12.5. The fraction of sp³-hybridized carbons (Fsp3) is 0.115. The van der Waals surface area contributed by atoms with Crippen LogP contribution in [-0.4, -0.2) is 27.0 Å². The third-order valence-electron chi connectivity index (χ3n) is 5.73. The van der Waals surface area contributed by atoms with Gasteiger partial charge in [-0.1, -0.05) is 47.1 Å². The molecule has 0 bridgehead atoms. The Labute approximate surface area is 209 Å². The number of benzene rings is 2. The van der Waals surface area contributed by atoms with Gasteiger partial charge < -0.3 is 15.3 Å². The molecule has 3 N–H and O–H groups in total. The predicted octanol–water partition coefficient (Wildman–Crippen LogP) is 6.30. The zero-order chi connectivity index (χ0) is 25.1. The van der Waals surface area contributed by atoms with E-state index >= 15 is 0 Å². The van der Waals surface area contributed by atoms with Gasteiger partial charge in [0.15, 0.2) is 0 Å². The maximum Gasteiger partial charge on any atom is 0.345 e. The molecule has 2 heterocycles. The molecule has 0 saturated heterocycles. The summed E-state index contributed by atoms with van der Waals surface area (Å²) in [5.41, 5.74) is 3.71. The number of aromatic nitrogens is 1. The quantitative estimate of drug-likeness (QED) is 0.154. The van der Waals surface area contributed by atoms with Gasteiger partial charge in [-0.25, -0.2) is 9.18 Å². The lowest BCUT2D eigenvalue weighted by atomic mass is 9.84. The second-order valence-corrected chi connectivity index (χ2v) is 9.34. The first kappa shape index (κ1) is 24.4. The van der Waals surface area contributed by atoms with E-state index in [1.54, 1.807) is 36.6 Å². The maximum atomic E-state index is 15.0. The molecule has 0 spiro atoms. The zero-order valence-electron chi connectivity index (χ0n) is 18.5. The Hall–Kier alpha value is -3.75. The van der Waals surface area contributed by atoms with Gasteiger partial charge >= 0.3 is 5.97 Å². The molecule has 0 unspecified atom stereocenters. The molecular weight excluding hydrogens is 491 g/mol. The van der Waals surface area contributed by atoms with Crippen LogP contribution in [0.1, 0.15) is 44.3 Å². The molecule has 6 nitrogen and oxygen atoms in total. The van der Waals surface area contributed by atoms with Crippen molar-refractivity contribution in [2.75, 3.05) is 0 Å². The van der Waals surface area contributed by atoms with E-state index < -0.39 is 17.7 Å². The van der Waals surface area contributed by atoms with Gasteiger partial charge in [0, 0.05) is 34.7 Å². The average molecular weight is 511 g/mol. The molecule has 0 saturated carbocycles. The Bertz CT molecular complexity index is 1480. The van der Waals surface area contributed by atoms with E-state index in [4.69, 9.17) is 11.6 Å². The summed E-state index contributed by atoms with van der Waals surface area (Å²) in [6, 6.07) is 15.0. The van der Waals surface area contributed by atoms with Gasteiger partial charge in [-0.3, -0.25) is 4.79 Å². The molecule has 0 fully saturated rings. The van der Waals surface area contributed by atoms with Crippen LogP contribution >= 0.6 is 22.9 Å². The highest BCUT2D eigenvalue weighted by atomic mass is 35.5. The van der Waals surface area contributed by atoms with Crippen LogP contribution in [-0.2, 0) is 0 Å². The molecule has 178 valence electrons. The summed E-state index contributed by atoms with van der Waals surface area (Å²) in [5, 5.41) is 24.4. The topological polar surface area (TPSA) is 103 Å². The highest BCUT2D eigenvalue weighted by molar-refractivity contribution is 7.12. The summed E-state index contributed by atoms with van der Waals surface area (Å²) in [7, 11) is 0. The second-order valence-electron chi connectivity index (χ2n) is 8.00. The number of hydrogen-bond acceptors (Lipinski definition) is 5. The lowest BCUT2D eigenvalue weighted by Gasteiger charge is -2.20. The molecule has 0 aliphatic rings. The molecule has 2 aromatic heterocycles. The second kappa shape index (κ2) is 10.2. The highest BCUT2D eigenvalue weighted by Gasteiger charge is 2.22. The Balaban J connectivity index is 1.73. The molecule has 0 aliphatic heterocycles. The van der Waals surface area contributed by atoms with E-state index in [-0.39, 0.29) is 27.6 Å². The van der Waals surface area contributed by atoms with Crippen molar-refractivity contribution in [3.63, 3.8) is 0 Å². The van der Waals surface area contributed by atoms with Gasteiger partial charge in [0.05, 0.1) is 5.71 Å². The number of aryl methyl sites for hydroxylation is 1. The number of aromatic amines is 1. The van der Waals surface area contributed by atoms with Gasteiger partial charge in [0.25, 0.3) is 5.56 Å². The van der Waals surface area contributed by atoms with Crippen LogP contribution in [0.3, 0.4) is 0 Å². The minimum absolute atomic E-state index is 0.140. The van der Waals surface area contributed by atoms with Gasteiger partial charge in [0.2, 0.25) is 0 Å². The summed E-state index contributed by atoms with van der Waals surface area (Å²) in [5.74, 6) is -2.01. The molecular formula is C26H20ClFN2O4S. The third kappa shape index (κ3) is 5.34. The van der Waals surface area contributed by atoms with Crippen molar-refractivity contribution in [2.24, 2.45) is 5.16 Å². The number of thiophene rings is 1. The number of carboxylic acid groups (broad SMARTS) is 1. The summed E-state index contributed by atoms with van der Waals surface area (Å²) >= 11 is 7.11. The first-order valence-electron chi connectivity index (χ1n) is 10.5. The molecule has 2 aromatic carbocycles. The molecule has 9 heteroatoms. The molecule has 35 heavy (non-hydrogen) atoms. The lowest BCUT2D eigenvalue weighted by molar-refractivity contribution is 0.0702. The van der Waals surface area contributed by atoms with E-state index in [2.05, 4.69) is 10.1 Å². The summed E-state index contributed by atoms with van der Waals surface area (Å²) in [6.07, 6.45) is 1.60. The van der Waals surface area contributed by atoms with E-state index in [1.807, 2.05) is 24.3 Å². The van der Waals surface area contributed by atoms with Crippen LogP contribution < -0.4 is 5.56 Å². The van der Waals surface area contributed by atoms with Gasteiger partial charge in [-0.15, -0.1) is 11.3 Å². The smallest absolute Gasteiger partial charge is 0.345 e. The van der Waals surface area contributed by atoms with E-state index in [0.717, 1.165) is 28.0 Å². The number of aromatic carboxylic acids is 1. The minimum atomic E-state index is -0.982. The van der Waals surface area contributed by atoms with Crippen molar-refractivity contribution < 1.29 is 19.5 Å². The Morgan fingerprint density at radius 3 is 2.49 bits per heavy atom. The van der Waals surface area contributed by atoms with E-state index in [9.17, 15) is 24.3 Å². The Morgan fingerprint density at radius 2 is 1.89 bits per heavy atom. The third-order valence-corrected chi connectivity index (χ3v) is 6.89.